The first kappa shape index (κ1) is 10.1. The molecule has 0 saturated carbocycles. The van der Waals surface area contributed by atoms with Crippen LogP contribution in [0.4, 0.5) is 0 Å². The van der Waals surface area contributed by atoms with E-state index in [1.54, 1.807) is 0 Å². The smallest absolute Gasteiger partial charge is 0.242 e. The number of likely N-dealkylation sites (tertiary alicyclic amines) is 1. The Balaban J connectivity index is 2.54. The zero-order chi connectivity index (χ0) is 10.0. The minimum Gasteiger partial charge on any atom is -0.402 e. The summed E-state index contributed by atoms with van der Waals surface area (Å²) < 4.78 is 0. The summed E-state index contributed by atoms with van der Waals surface area (Å²) in [5, 5.41) is -0.474. The van der Waals surface area contributed by atoms with Crippen molar-refractivity contribution in [1.29, 1.82) is 0 Å². The summed E-state index contributed by atoms with van der Waals surface area (Å²) in [6.07, 6.45) is 0.650. The van der Waals surface area contributed by atoms with Gasteiger partial charge in [0.15, 0.2) is 0 Å². The molecule has 1 aliphatic rings. The van der Waals surface area contributed by atoms with Crippen LogP contribution in [0.25, 0.3) is 0 Å². The highest BCUT2D eigenvalue weighted by molar-refractivity contribution is 7.81. The Hall–Kier alpha value is -0.970. The van der Waals surface area contributed by atoms with E-state index in [1.165, 1.54) is 4.90 Å². The van der Waals surface area contributed by atoms with E-state index in [0.29, 0.717) is 18.7 Å². The molecule has 0 bridgehead atoms. The summed E-state index contributed by atoms with van der Waals surface area (Å²) in [4.78, 5) is 23.7. The lowest BCUT2D eigenvalue weighted by Crippen LogP contribution is -2.32. The van der Waals surface area contributed by atoms with Gasteiger partial charge in [-0.1, -0.05) is 6.58 Å². The van der Waals surface area contributed by atoms with E-state index < -0.39 is 5.25 Å². The van der Waals surface area contributed by atoms with Crippen LogP contribution in [0, 0.1) is 0 Å². The van der Waals surface area contributed by atoms with Crippen LogP contribution in [0.1, 0.15) is 12.8 Å². The summed E-state index contributed by atoms with van der Waals surface area (Å²) in [5.41, 5.74) is 5.81. The highest BCUT2D eigenvalue weighted by atomic mass is 32.1. The topological polar surface area (TPSA) is 63.4 Å². The number of nitrogens with two attached hydrogens (primary N) is 1. The summed E-state index contributed by atoms with van der Waals surface area (Å²) in [6.45, 7) is 3.82. The molecule has 1 unspecified atom stereocenters. The number of rotatable bonds is 3. The zero-order valence-corrected chi connectivity index (χ0v) is 8.09. The van der Waals surface area contributed by atoms with Gasteiger partial charge >= 0.3 is 0 Å². The lowest BCUT2D eigenvalue weighted by Gasteiger charge is -2.13. The third kappa shape index (κ3) is 2.24. The monoisotopic (exact) mass is 200 g/mol. The molecule has 1 saturated heterocycles. The molecule has 0 radical (unpaired) electrons. The van der Waals surface area contributed by atoms with Crippen molar-refractivity contribution in [3.8, 4) is 0 Å². The number of hydrogen-bond acceptors (Lipinski definition) is 4. The van der Waals surface area contributed by atoms with Gasteiger partial charge in [0.05, 0.1) is 5.25 Å². The molecule has 0 aromatic heterocycles. The largest absolute Gasteiger partial charge is 0.402 e. The fraction of sp³-hybridized carbons (Fsp3) is 0.500. The summed E-state index contributed by atoms with van der Waals surface area (Å²) in [7, 11) is 0. The standard InChI is InChI=1S/C8H12N2O2S/c1-5(9)2-3-10-7(11)4-6(13)8(10)12/h6,13H,1-4,9H2. The normalized spacial score (nSPS) is 22.5. The van der Waals surface area contributed by atoms with Gasteiger partial charge in [-0.3, -0.25) is 14.5 Å². The first-order valence-electron chi connectivity index (χ1n) is 3.98. The molecule has 5 heteroatoms. The molecule has 72 valence electrons. The molecule has 0 aliphatic carbocycles. The van der Waals surface area contributed by atoms with Gasteiger partial charge in [-0.05, 0) is 0 Å². The number of nitrogens with zero attached hydrogens (tertiary/aromatic N) is 1. The van der Waals surface area contributed by atoms with Crippen LogP contribution in [-0.4, -0.2) is 28.5 Å². The molecule has 2 amide bonds. The number of carbonyl (C=O) groups is 2. The molecule has 2 N–H and O–H groups in total. The predicted molar refractivity (Wildman–Crippen MR) is 52.1 cm³/mol. The van der Waals surface area contributed by atoms with Gasteiger partial charge in [0.25, 0.3) is 0 Å². The Morgan fingerprint density at radius 3 is 2.69 bits per heavy atom. The Bertz CT molecular complexity index is 265. The van der Waals surface area contributed by atoms with E-state index >= 15 is 0 Å². The maximum absolute atomic E-state index is 11.3. The van der Waals surface area contributed by atoms with Crippen molar-refractivity contribution in [2.75, 3.05) is 6.54 Å². The molecular weight excluding hydrogens is 188 g/mol. The van der Waals surface area contributed by atoms with E-state index in [1.807, 2.05) is 0 Å². The van der Waals surface area contributed by atoms with E-state index in [4.69, 9.17) is 5.73 Å². The molecule has 4 nitrogen and oxygen atoms in total. The molecule has 1 heterocycles. The minimum absolute atomic E-state index is 0.175. The quantitative estimate of drug-likeness (QED) is 0.494. The van der Waals surface area contributed by atoms with Crippen LogP contribution in [0.5, 0.6) is 0 Å². The third-order valence-electron chi connectivity index (χ3n) is 1.88. The maximum Gasteiger partial charge on any atom is 0.242 e. The van der Waals surface area contributed by atoms with Crippen LogP contribution < -0.4 is 5.73 Å². The number of thiol groups is 1. The van der Waals surface area contributed by atoms with Crippen molar-refractivity contribution in [2.24, 2.45) is 5.73 Å². The lowest BCUT2D eigenvalue weighted by atomic mass is 10.3. The fourth-order valence-electron chi connectivity index (χ4n) is 1.16. The Morgan fingerprint density at radius 2 is 2.31 bits per heavy atom. The lowest BCUT2D eigenvalue weighted by molar-refractivity contribution is -0.138. The van der Waals surface area contributed by atoms with Gasteiger partial charge in [0.1, 0.15) is 0 Å². The molecule has 1 aliphatic heterocycles. The van der Waals surface area contributed by atoms with Crippen molar-refractivity contribution in [2.45, 2.75) is 18.1 Å². The molecule has 1 fully saturated rings. The first-order chi connectivity index (χ1) is 6.02. The second-order valence-corrected chi connectivity index (χ2v) is 3.64. The van der Waals surface area contributed by atoms with Gasteiger partial charge in [-0.2, -0.15) is 12.6 Å². The number of carbonyl (C=O) groups excluding carboxylic acids is 2. The zero-order valence-electron chi connectivity index (χ0n) is 7.19. The van der Waals surface area contributed by atoms with Crippen LogP contribution in [0.2, 0.25) is 0 Å². The Kier molecular flexibility index (Phi) is 2.98. The molecular formula is C8H12N2O2S. The molecule has 0 spiro atoms. The number of hydrogen-bond donors (Lipinski definition) is 2. The third-order valence-corrected chi connectivity index (χ3v) is 2.28. The van der Waals surface area contributed by atoms with Crippen LogP contribution >= 0.6 is 12.6 Å². The summed E-state index contributed by atoms with van der Waals surface area (Å²) >= 11 is 3.98. The Morgan fingerprint density at radius 1 is 1.69 bits per heavy atom. The van der Waals surface area contributed by atoms with Crippen molar-refractivity contribution in [1.82, 2.24) is 4.90 Å². The van der Waals surface area contributed by atoms with Gasteiger partial charge in [-0.25, -0.2) is 0 Å². The van der Waals surface area contributed by atoms with Crippen molar-refractivity contribution >= 4 is 24.4 Å². The second-order valence-electron chi connectivity index (χ2n) is 3.01. The molecule has 0 aromatic carbocycles. The number of amides is 2. The fourth-order valence-corrected chi connectivity index (χ4v) is 1.45. The highest BCUT2D eigenvalue weighted by Crippen LogP contribution is 2.17. The average molecular weight is 200 g/mol. The molecule has 0 aromatic rings. The van der Waals surface area contributed by atoms with Crippen molar-refractivity contribution in [3.05, 3.63) is 12.3 Å². The highest BCUT2D eigenvalue weighted by Gasteiger charge is 2.35. The van der Waals surface area contributed by atoms with Crippen LogP contribution in [0.15, 0.2) is 12.3 Å². The van der Waals surface area contributed by atoms with E-state index in [2.05, 4.69) is 19.2 Å². The van der Waals surface area contributed by atoms with Gasteiger partial charge in [0.2, 0.25) is 11.8 Å². The summed E-state index contributed by atoms with van der Waals surface area (Å²) in [6, 6.07) is 0. The predicted octanol–water partition coefficient (Wildman–Crippen LogP) is -0.0938. The van der Waals surface area contributed by atoms with Gasteiger partial charge in [0, 0.05) is 25.1 Å². The van der Waals surface area contributed by atoms with Gasteiger partial charge < -0.3 is 5.73 Å². The average Bonchev–Trinajstić information content (AvgIpc) is 2.24. The Labute approximate surface area is 82.2 Å². The SMILES string of the molecule is C=C(N)CCN1C(=O)CC(S)C1=O. The molecule has 13 heavy (non-hydrogen) atoms. The first-order valence-corrected chi connectivity index (χ1v) is 4.49. The van der Waals surface area contributed by atoms with Crippen molar-refractivity contribution < 1.29 is 9.59 Å². The van der Waals surface area contributed by atoms with E-state index in [9.17, 15) is 9.59 Å². The van der Waals surface area contributed by atoms with Gasteiger partial charge in [-0.15, -0.1) is 0 Å². The minimum atomic E-state index is -0.474. The maximum atomic E-state index is 11.3. The molecule has 1 rings (SSSR count). The van der Waals surface area contributed by atoms with Crippen molar-refractivity contribution in [3.63, 3.8) is 0 Å². The van der Waals surface area contributed by atoms with E-state index in [0.717, 1.165) is 0 Å². The van der Waals surface area contributed by atoms with E-state index in [-0.39, 0.29) is 18.2 Å². The summed E-state index contributed by atoms with van der Waals surface area (Å²) in [5.74, 6) is -0.402. The second kappa shape index (κ2) is 3.83. The molecule has 1 atom stereocenters. The van der Waals surface area contributed by atoms with Crippen LogP contribution in [-0.2, 0) is 9.59 Å². The number of imide groups is 1. The van der Waals surface area contributed by atoms with Crippen LogP contribution in [0.3, 0.4) is 0 Å².